The van der Waals surface area contributed by atoms with E-state index in [-0.39, 0.29) is 12.8 Å². The number of carboxylic acid groups (broad SMARTS) is 1. The van der Waals surface area contributed by atoms with Crippen LogP contribution in [0, 0.1) is 0 Å². The fourth-order valence-corrected chi connectivity index (χ4v) is 2.09. The van der Waals surface area contributed by atoms with Crippen LogP contribution in [-0.2, 0) is 16.0 Å². The maximum Gasteiger partial charge on any atom is 0.327 e. The van der Waals surface area contributed by atoms with Gasteiger partial charge in [-0.25, -0.2) is 14.5 Å². The maximum absolute atomic E-state index is 12.3. The fourth-order valence-electron chi connectivity index (χ4n) is 2.09. The van der Waals surface area contributed by atoms with Crippen molar-refractivity contribution in [2.45, 2.75) is 32.2 Å². The van der Waals surface area contributed by atoms with E-state index in [9.17, 15) is 19.5 Å². The first-order chi connectivity index (χ1) is 10.4. The number of urea groups is 1. The van der Waals surface area contributed by atoms with E-state index in [2.05, 4.69) is 0 Å². The van der Waals surface area contributed by atoms with Crippen molar-refractivity contribution in [1.82, 2.24) is 9.80 Å². The van der Waals surface area contributed by atoms with Crippen LogP contribution in [0.5, 0.6) is 0 Å². The summed E-state index contributed by atoms with van der Waals surface area (Å²) < 4.78 is 0. The second-order valence-corrected chi connectivity index (χ2v) is 5.23. The summed E-state index contributed by atoms with van der Waals surface area (Å²) in [4.78, 5) is 38.2. The predicted octanol–water partition coefficient (Wildman–Crippen LogP) is 1.99. The molecule has 6 nitrogen and oxygen atoms in total. The topological polar surface area (TPSA) is 77.9 Å². The molecule has 0 fully saturated rings. The molecule has 0 aliphatic heterocycles. The first-order valence-corrected chi connectivity index (χ1v) is 7.18. The Labute approximate surface area is 130 Å². The molecule has 0 spiro atoms. The molecule has 22 heavy (non-hydrogen) atoms. The van der Waals surface area contributed by atoms with E-state index in [0.29, 0.717) is 6.42 Å². The summed E-state index contributed by atoms with van der Waals surface area (Å²) in [6, 6.07) is 7.14. The number of imide groups is 1. The van der Waals surface area contributed by atoms with Gasteiger partial charge in [0.25, 0.3) is 0 Å². The van der Waals surface area contributed by atoms with Gasteiger partial charge in [-0.1, -0.05) is 37.3 Å². The van der Waals surface area contributed by atoms with E-state index in [1.165, 1.54) is 19.0 Å². The molecule has 0 aliphatic rings. The van der Waals surface area contributed by atoms with Gasteiger partial charge in [-0.2, -0.15) is 0 Å². The van der Waals surface area contributed by atoms with Gasteiger partial charge in [0.1, 0.15) is 6.04 Å². The average molecular weight is 306 g/mol. The lowest BCUT2D eigenvalue weighted by atomic mass is 10.0. The first kappa shape index (κ1) is 17.7. The van der Waals surface area contributed by atoms with Crippen LogP contribution in [-0.4, -0.2) is 53.0 Å². The van der Waals surface area contributed by atoms with Gasteiger partial charge < -0.3 is 10.0 Å². The van der Waals surface area contributed by atoms with Crippen LogP contribution < -0.4 is 0 Å². The van der Waals surface area contributed by atoms with Crippen molar-refractivity contribution in [3.8, 4) is 0 Å². The largest absolute Gasteiger partial charge is 0.480 e. The molecule has 0 aromatic heterocycles. The van der Waals surface area contributed by atoms with E-state index in [0.717, 1.165) is 10.5 Å². The zero-order valence-corrected chi connectivity index (χ0v) is 13.2. The van der Waals surface area contributed by atoms with Gasteiger partial charge in [0.2, 0.25) is 5.91 Å². The highest BCUT2D eigenvalue weighted by atomic mass is 16.4. The summed E-state index contributed by atoms with van der Waals surface area (Å²) >= 11 is 0. The van der Waals surface area contributed by atoms with E-state index < -0.39 is 23.9 Å². The smallest absolute Gasteiger partial charge is 0.327 e. The van der Waals surface area contributed by atoms with Gasteiger partial charge in [-0.3, -0.25) is 4.79 Å². The zero-order valence-electron chi connectivity index (χ0n) is 13.2. The van der Waals surface area contributed by atoms with Gasteiger partial charge in [0.05, 0.1) is 0 Å². The van der Waals surface area contributed by atoms with Crippen LogP contribution in [0.1, 0.15) is 25.3 Å². The molecule has 1 rings (SSSR count). The van der Waals surface area contributed by atoms with Crippen LogP contribution in [0.15, 0.2) is 30.3 Å². The van der Waals surface area contributed by atoms with E-state index in [4.69, 9.17) is 0 Å². The van der Waals surface area contributed by atoms with Crippen molar-refractivity contribution in [2.24, 2.45) is 0 Å². The Morgan fingerprint density at radius 1 is 1.14 bits per heavy atom. The molecular weight excluding hydrogens is 284 g/mol. The normalized spacial score (nSPS) is 11.6. The van der Waals surface area contributed by atoms with Crippen molar-refractivity contribution in [3.63, 3.8) is 0 Å². The highest BCUT2D eigenvalue weighted by molar-refractivity contribution is 5.98. The Hall–Kier alpha value is -2.37. The quantitative estimate of drug-likeness (QED) is 0.872. The number of hydrogen-bond acceptors (Lipinski definition) is 3. The van der Waals surface area contributed by atoms with Crippen LogP contribution in [0.3, 0.4) is 0 Å². The zero-order chi connectivity index (χ0) is 16.7. The predicted molar refractivity (Wildman–Crippen MR) is 82.4 cm³/mol. The highest BCUT2D eigenvalue weighted by Gasteiger charge is 2.35. The van der Waals surface area contributed by atoms with E-state index >= 15 is 0 Å². The van der Waals surface area contributed by atoms with Crippen molar-refractivity contribution in [1.29, 1.82) is 0 Å². The third-order valence-corrected chi connectivity index (χ3v) is 3.19. The van der Waals surface area contributed by atoms with Gasteiger partial charge in [-0.05, 0) is 12.0 Å². The van der Waals surface area contributed by atoms with Gasteiger partial charge in [0, 0.05) is 26.9 Å². The molecule has 0 aliphatic carbocycles. The molecule has 1 unspecified atom stereocenters. The third-order valence-electron chi connectivity index (χ3n) is 3.19. The minimum absolute atomic E-state index is 0.0885. The first-order valence-electron chi connectivity index (χ1n) is 7.18. The molecule has 0 bridgehead atoms. The number of carboxylic acids is 1. The van der Waals surface area contributed by atoms with Crippen molar-refractivity contribution in [3.05, 3.63) is 35.9 Å². The number of carbonyl (C=O) groups is 3. The Kier molecular flexibility index (Phi) is 6.56. The van der Waals surface area contributed by atoms with Crippen LogP contribution in [0.4, 0.5) is 4.79 Å². The van der Waals surface area contributed by atoms with Crippen molar-refractivity contribution >= 4 is 17.9 Å². The second kappa shape index (κ2) is 8.17. The Morgan fingerprint density at radius 2 is 1.73 bits per heavy atom. The summed E-state index contributed by atoms with van der Waals surface area (Å²) in [6.07, 6.45) is 0.775. The molecule has 0 radical (unpaired) electrons. The number of carbonyl (C=O) groups excluding carboxylic acids is 2. The summed E-state index contributed by atoms with van der Waals surface area (Å²) in [5.41, 5.74) is 0.760. The van der Waals surface area contributed by atoms with E-state index in [1.807, 2.05) is 13.0 Å². The molecule has 1 aromatic carbocycles. The highest BCUT2D eigenvalue weighted by Crippen LogP contribution is 2.14. The summed E-state index contributed by atoms with van der Waals surface area (Å²) in [6.45, 7) is 1.81. The third kappa shape index (κ3) is 4.58. The Morgan fingerprint density at radius 3 is 2.18 bits per heavy atom. The molecule has 1 aromatic rings. The van der Waals surface area contributed by atoms with Crippen molar-refractivity contribution in [2.75, 3.05) is 14.1 Å². The van der Waals surface area contributed by atoms with Crippen LogP contribution in [0.2, 0.25) is 0 Å². The summed E-state index contributed by atoms with van der Waals surface area (Å²) in [5.74, 6) is -1.66. The molecular formula is C16H22N2O4. The molecule has 120 valence electrons. The van der Waals surface area contributed by atoms with Gasteiger partial charge >= 0.3 is 12.0 Å². The lowest BCUT2D eigenvalue weighted by Crippen LogP contribution is -2.53. The second-order valence-electron chi connectivity index (χ2n) is 5.23. The minimum atomic E-state index is -1.21. The van der Waals surface area contributed by atoms with E-state index in [1.54, 1.807) is 24.3 Å². The molecule has 1 atom stereocenters. The van der Waals surface area contributed by atoms with Crippen molar-refractivity contribution < 1.29 is 19.5 Å². The average Bonchev–Trinajstić information content (AvgIpc) is 2.47. The SMILES string of the molecule is CCCC(=O)N(C(=O)N(C)C)C(Cc1ccccc1)C(=O)O. The molecule has 6 heteroatoms. The standard InChI is InChI=1S/C16H22N2O4/c1-4-8-14(19)18(16(22)17(2)3)13(15(20)21)11-12-9-6-5-7-10-12/h5-7,9-10,13H,4,8,11H2,1-3H3,(H,20,21). The van der Waals surface area contributed by atoms with Crippen LogP contribution >= 0.6 is 0 Å². The molecule has 0 saturated carbocycles. The monoisotopic (exact) mass is 306 g/mol. The minimum Gasteiger partial charge on any atom is -0.480 e. The number of nitrogens with zero attached hydrogens (tertiary/aromatic N) is 2. The summed E-state index contributed by atoms with van der Waals surface area (Å²) in [7, 11) is 2.99. The van der Waals surface area contributed by atoms with Gasteiger partial charge in [-0.15, -0.1) is 0 Å². The number of rotatable bonds is 6. The Balaban J connectivity index is 3.11. The molecule has 3 amide bonds. The molecule has 0 heterocycles. The maximum atomic E-state index is 12.3. The van der Waals surface area contributed by atoms with Crippen LogP contribution in [0.25, 0.3) is 0 Å². The number of amides is 3. The Bertz CT molecular complexity index is 528. The summed E-state index contributed by atoms with van der Waals surface area (Å²) in [5, 5.41) is 9.49. The lowest BCUT2D eigenvalue weighted by Gasteiger charge is -2.29. The number of aliphatic carboxylic acids is 1. The number of benzene rings is 1. The van der Waals surface area contributed by atoms with Gasteiger partial charge in [0.15, 0.2) is 0 Å². The lowest BCUT2D eigenvalue weighted by molar-refractivity contribution is -0.148. The fraction of sp³-hybridized carbons (Fsp3) is 0.438. The molecule has 0 saturated heterocycles. The number of hydrogen-bond donors (Lipinski definition) is 1. The molecule has 1 N–H and O–H groups in total.